The number of carbonyl (C=O) groups is 1. The van der Waals surface area contributed by atoms with E-state index in [-0.39, 0.29) is 24.6 Å². The molecule has 1 aromatic carbocycles. The second-order valence-electron chi connectivity index (χ2n) is 5.13. The van der Waals surface area contributed by atoms with E-state index in [2.05, 4.69) is 0 Å². The van der Waals surface area contributed by atoms with Crippen molar-refractivity contribution in [2.75, 3.05) is 13.7 Å². The third-order valence-electron chi connectivity index (χ3n) is 3.70. The Kier molecular flexibility index (Phi) is 3.82. The van der Waals surface area contributed by atoms with Crippen molar-refractivity contribution in [1.29, 1.82) is 0 Å². The predicted octanol–water partition coefficient (Wildman–Crippen LogP) is 2.50. The summed E-state index contributed by atoms with van der Waals surface area (Å²) in [5.74, 6) is -0.736. The molecule has 0 saturated carbocycles. The molecular weight excluding hydrogens is 327 g/mol. The van der Waals surface area contributed by atoms with Crippen molar-refractivity contribution in [3.8, 4) is 11.6 Å². The second-order valence-corrected chi connectivity index (χ2v) is 5.13. The van der Waals surface area contributed by atoms with Gasteiger partial charge in [-0.15, -0.1) is 0 Å². The molecule has 0 atom stereocenters. The van der Waals surface area contributed by atoms with Crippen LogP contribution in [0, 0.1) is 0 Å². The molecule has 5 nitrogen and oxygen atoms in total. The van der Waals surface area contributed by atoms with Crippen LogP contribution in [0.15, 0.2) is 35.1 Å². The monoisotopic (exact) mass is 339 g/mol. The fourth-order valence-corrected chi connectivity index (χ4v) is 2.55. The molecule has 0 unspecified atom stereocenters. The van der Waals surface area contributed by atoms with Crippen molar-refractivity contribution >= 4 is 5.78 Å². The zero-order valence-electron chi connectivity index (χ0n) is 12.5. The van der Waals surface area contributed by atoms with E-state index in [1.807, 2.05) is 0 Å². The SMILES string of the molecule is COc1ccc(C(=O)c2c(C(F)(F)F)cc(=O)n3c2OCC3)cc1. The van der Waals surface area contributed by atoms with Crippen LogP contribution in [-0.2, 0) is 12.7 Å². The predicted molar refractivity (Wildman–Crippen MR) is 77.6 cm³/mol. The molecule has 0 saturated heterocycles. The van der Waals surface area contributed by atoms with Gasteiger partial charge in [0.25, 0.3) is 5.56 Å². The smallest absolute Gasteiger partial charge is 0.417 e. The molecule has 0 spiro atoms. The van der Waals surface area contributed by atoms with E-state index in [0.717, 1.165) is 4.57 Å². The highest BCUT2D eigenvalue weighted by Crippen LogP contribution is 2.37. The number of methoxy groups -OCH3 is 1. The minimum absolute atomic E-state index is 0.0400. The van der Waals surface area contributed by atoms with E-state index in [9.17, 15) is 22.8 Å². The molecule has 0 bridgehead atoms. The maximum Gasteiger partial charge on any atom is 0.417 e. The third-order valence-corrected chi connectivity index (χ3v) is 3.70. The number of ketones is 1. The lowest BCUT2D eigenvalue weighted by Crippen LogP contribution is -2.24. The van der Waals surface area contributed by atoms with E-state index in [1.165, 1.54) is 31.4 Å². The number of rotatable bonds is 3. The lowest BCUT2D eigenvalue weighted by atomic mass is 9.99. The number of fused-ring (bicyclic) bond motifs is 1. The number of ether oxygens (including phenoxy) is 2. The zero-order valence-corrected chi connectivity index (χ0v) is 12.5. The van der Waals surface area contributed by atoms with Crippen molar-refractivity contribution in [2.24, 2.45) is 0 Å². The second kappa shape index (κ2) is 5.70. The van der Waals surface area contributed by atoms with Gasteiger partial charge >= 0.3 is 6.18 Å². The van der Waals surface area contributed by atoms with Crippen LogP contribution in [0.2, 0.25) is 0 Å². The van der Waals surface area contributed by atoms with Gasteiger partial charge in [0.2, 0.25) is 5.88 Å². The van der Waals surface area contributed by atoms with E-state index in [1.54, 1.807) is 0 Å². The van der Waals surface area contributed by atoms with E-state index >= 15 is 0 Å². The number of carbonyl (C=O) groups excluding carboxylic acids is 1. The summed E-state index contributed by atoms with van der Waals surface area (Å²) in [4.78, 5) is 24.5. The molecule has 1 aliphatic rings. The first kappa shape index (κ1) is 16.1. The van der Waals surface area contributed by atoms with Gasteiger partial charge in [-0.05, 0) is 24.3 Å². The van der Waals surface area contributed by atoms with Gasteiger partial charge in [0.1, 0.15) is 12.4 Å². The average Bonchev–Trinajstić information content (AvgIpc) is 3.03. The lowest BCUT2D eigenvalue weighted by molar-refractivity contribution is -0.138. The molecule has 2 aromatic rings. The van der Waals surface area contributed by atoms with Gasteiger partial charge in [-0.1, -0.05) is 0 Å². The van der Waals surface area contributed by atoms with Crippen molar-refractivity contribution in [3.05, 3.63) is 57.4 Å². The maximum absolute atomic E-state index is 13.3. The summed E-state index contributed by atoms with van der Waals surface area (Å²) < 4.78 is 51.1. The molecule has 0 N–H and O–H groups in total. The highest BCUT2D eigenvalue weighted by Gasteiger charge is 2.40. The van der Waals surface area contributed by atoms with E-state index < -0.39 is 28.6 Å². The minimum atomic E-state index is -4.85. The number of alkyl halides is 3. The molecule has 2 heterocycles. The summed E-state index contributed by atoms with van der Waals surface area (Å²) in [6.45, 7) is 0.147. The molecular formula is C16H12F3NO4. The Hall–Kier alpha value is -2.77. The molecule has 126 valence electrons. The van der Waals surface area contributed by atoms with Crippen molar-refractivity contribution in [2.45, 2.75) is 12.7 Å². The highest BCUT2D eigenvalue weighted by atomic mass is 19.4. The average molecular weight is 339 g/mol. The topological polar surface area (TPSA) is 57.5 Å². The van der Waals surface area contributed by atoms with Gasteiger partial charge in [-0.25, -0.2) is 0 Å². The molecule has 0 radical (unpaired) electrons. The van der Waals surface area contributed by atoms with Crippen molar-refractivity contribution in [3.63, 3.8) is 0 Å². The van der Waals surface area contributed by atoms with Gasteiger partial charge in [-0.3, -0.25) is 14.2 Å². The highest BCUT2D eigenvalue weighted by molar-refractivity contribution is 6.11. The first-order chi connectivity index (χ1) is 11.3. The number of halogens is 3. The van der Waals surface area contributed by atoms with Crippen molar-refractivity contribution < 1.29 is 27.4 Å². The first-order valence-corrected chi connectivity index (χ1v) is 6.99. The molecule has 24 heavy (non-hydrogen) atoms. The normalized spacial score (nSPS) is 13.3. The Labute approximate surface area is 134 Å². The number of pyridine rings is 1. The number of aromatic nitrogens is 1. The van der Waals surface area contributed by atoms with Gasteiger partial charge in [0.05, 0.1) is 24.8 Å². The standard InChI is InChI=1S/C16H12F3NO4/c1-23-10-4-2-9(3-5-10)14(22)13-11(16(17,18)19)8-12(21)20-6-7-24-15(13)20/h2-5,8H,6-7H2,1H3. The number of nitrogens with zero attached hydrogens (tertiary/aromatic N) is 1. The number of hydrogen-bond acceptors (Lipinski definition) is 4. The fourth-order valence-electron chi connectivity index (χ4n) is 2.55. The van der Waals surface area contributed by atoms with Crippen LogP contribution in [0.4, 0.5) is 13.2 Å². The fraction of sp³-hybridized carbons (Fsp3) is 0.250. The Morgan fingerprint density at radius 2 is 1.92 bits per heavy atom. The summed E-state index contributed by atoms with van der Waals surface area (Å²) in [6, 6.07) is 6.10. The van der Waals surface area contributed by atoms with Crippen LogP contribution < -0.4 is 15.0 Å². The van der Waals surface area contributed by atoms with Gasteiger partial charge in [-0.2, -0.15) is 13.2 Å². The first-order valence-electron chi connectivity index (χ1n) is 6.99. The summed E-state index contributed by atoms with van der Waals surface area (Å²) in [7, 11) is 1.43. The molecule has 0 aliphatic carbocycles. The number of benzene rings is 1. The summed E-state index contributed by atoms with van der Waals surface area (Å²) in [5, 5.41) is 0. The largest absolute Gasteiger partial charge is 0.497 e. The molecule has 8 heteroatoms. The Balaban J connectivity index is 2.20. The minimum Gasteiger partial charge on any atom is -0.497 e. The van der Waals surface area contributed by atoms with Crippen LogP contribution in [0.1, 0.15) is 21.5 Å². The Morgan fingerprint density at radius 3 is 2.50 bits per heavy atom. The summed E-state index contributed by atoms with van der Waals surface area (Å²) in [6.07, 6.45) is -4.85. The molecule has 3 rings (SSSR count). The maximum atomic E-state index is 13.3. The quantitative estimate of drug-likeness (QED) is 0.807. The van der Waals surface area contributed by atoms with Gasteiger partial charge in [0.15, 0.2) is 5.78 Å². The zero-order chi connectivity index (χ0) is 17.5. The lowest BCUT2D eigenvalue weighted by Gasteiger charge is -2.15. The molecule has 1 aromatic heterocycles. The van der Waals surface area contributed by atoms with Crippen LogP contribution >= 0.6 is 0 Å². The third kappa shape index (κ3) is 2.64. The summed E-state index contributed by atoms with van der Waals surface area (Å²) >= 11 is 0. The van der Waals surface area contributed by atoms with Crippen LogP contribution in [-0.4, -0.2) is 24.1 Å². The van der Waals surface area contributed by atoms with Gasteiger partial charge in [0, 0.05) is 11.6 Å². The Morgan fingerprint density at radius 1 is 1.25 bits per heavy atom. The molecule has 1 aliphatic heterocycles. The molecule has 0 fully saturated rings. The summed E-state index contributed by atoms with van der Waals surface area (Å²) in [5.41, 5.74) is -2.74. The Bertz CT molecular complexity index is 853. The number of hydrogen-bond donors (Lipinski definition) is 0. The molecule has 0 amide bonds. The van der Waals surface area contributed by atoms with Crippen LogP contribution in [0.25, 0.3) is 0 Å². The van der Waals surface area contributed by atoms with Crippen molar-refractivity contribution in [1.82, 2.24) is 4.57 Å². The van der Waals surface area contributed by atoms with Crippen LogP contribution in [0.3, 0.4) is 0 Å². The van der Waals surface area contributed by atoms with Crippen LogP contribution in [0.5, 0.6) is 11.6 Å². The van der Waals surface area contributed by atoms with E-state index in [4.69, 9.17) is 9.47 Å². The van der Waals surface area contributed by atoms with Gasteiger partial charge < -0.3 is 9.47 Å². The van der Waals surface area contributed by atoms with E-state index in [0.29, 0.717) is 11.8 Å².